The van der Waals surface area contributed by atoms with Gasteiger partial charge in [0.1, 0.15) is 17.6 Å². The molecule has 2 nitrogen and oxygen atoms in total. The second-order valence-electron chi connectivity index (χ2n) is 8.80. The van der Waals surface area contributed by atoms with Crippen LogP contribution in [0.1, 0.15) is 37.5 Å². The van der Waals surface area contributed by atoms with Crippen molar-refractivity contribution < 1.29 is 4.58 Å². The minimum Gasteiger partial charge on any atom is -0.281 e. The third-order valence-electron chi connectivity index (χ3n) is 5.64. The van der Waals surface area contributed by atoms with Crippen LogP contribution >= 0.6 is 11.3 Å². The van der Waals surface area contributed by atoms with Gasteiger partial charge in [-0.15, -0.1) is 6.07 Å². The monoisotopic (exact) mass is 408 g/mol. The van der Waals surface area contributed by atoms with Crippen LogP contribution < -0.4 is 0 Å². The first-order chi connectivity index (χ1) is 14.4. The van der Waals surface area contributed by atoms with E-state index in [0.29, 0.717) is 0 Å². The molecule has 0 bridgehead atoms. The highest BCUT2D eigenvalue weighted by Crippen LogP contribution is 2.36. The van der Waals surface area contributed by atoms with Gasteiger partial charge in [0.15, 0.2) is 11.3 Å². The van der Waals surface area contributed by atoms with Crippen LogP contribution in [-0.2, 0) is 5.41 Å². The minimum absolute atomic E-state index is 0.0487. The summed E-state index contributed by atoms with van der Waals surface area (Å²) in [5.41, 5.74) is 4.85. The molecule has 0 N–H and O–H groups in total. The second-order valence-corrected chi connectivity index (χ2v) is 9.70. The van der Waals surface area contributed by atoms with Gasteiger partial charge in [-0.3, -0.25) is 9.56 Å². The number of hydrogen-bond acceptors (Lipinski definition) is 1. The molecule has 0 aliphatic carbocycles. The lowest BCUT2D eigenvalue weighted by molar-refractivity contribution is -0.417. The summed E-state index contributed by atoms with van der Waals surface area (Å²) in [5.74, 6) is 0. The van der Waals surface area contributed by atoms with Crippen molar-refractivity contribution in [2.45, 2.75) is 26.2 Å². The highest BCUT2D eigenvalue weighted by molar-refractivity contribution is 7.16. The number of pyridine rings is 1. The average molecular weight is 409 g/mol. The number of thiophene rings is 1. The molecule has 2 aromatic heterocycles. The fraction of sp³-hybridized carbons (Fsp3) is 0.148. The molecular formula is C27H24N2S. The molecule has 5 rings (SSSR count). The molecule has 1 aliphatic heterocycles. The van der Waals surface area contributed by atoms with Crippen molar-refractivity contribution >= 4 is 44.6 Å². The largest absolute Gasteiger partial charge is 0.281 e. The van der Waals surface area contributed by atoms with Crippen LogP contribution in [-0.4, -0.2) is 16.3 Å². The summed E-state index contributed by atoms with van der Waals surface area (Å²) in [4.78, 5) is 5.70. The number of benzene rings is 2. The third-order valence-corrected chi connectivity index (χ3v) is 6.48. The topological polar surface area (TPSA) is 15.9 Å². The number of hydrogen-bond donors (Lipinski definition) is 0. The molecule has 0 unspecified atom stereocenters. The van der Waals surface area contributed by atoms with E-state index in [1.165, 1.54) is 27.3 Å². The van der Waals surface area contributed by atoms with Crippen LogP contribution in [0, 0.1) is 6.04 Å². The predicted octanol–water partition coefficient (Wildman–Crippen LogP) is 6.95. The first kappa shape index (κ1) is 18.8. The van der Waals surface area contributed by atoms with Gasteiger partial charge < -0.3 is 0 Å². The average Bonchev–Trinajstić information content (AvgIpc) is 3.20. The van der Waals surface area contributed by atoms with E-state index in [4.69, 9.17) is 0 Å². The highest BCUT2D eigenvalue weighted by Gasteiger charge is 2.22. The SMILES string of the molecule is C=[N+]1C=CC(c2cn[c-]3[s+]ccc3c2)=C[C-]1c1cc(C(C)(C)C)c2ccccc2c1. The van der Waals surface area contributed by atoms with Crippen LogP contribution in [0.4, 0.5) is 0 Å². The Bertz CT molecular complexity index is 1350. The fourth-order valence-electron chi connectivity index (χ4n) is 4.05. The summed E-state index contributed by atoms with van der Waals surface area (Å²) in [6.45, 7) is 11.1. The molecule has 30 heavy (non-hydrogen) atoms. The standard InChI is InChI=1S/C27H24N2S/c1-27(2,3)24-15-21(13-19-7-5-6-8-23(19)24)25-16-18(9-11-29(25)4)22-14-20-10-12-30-26(20)28-17-22/h5-17H,4H2,1-3H3. The number of nitrogens with zero attached hydrogens (tertiary/aromatic N) is 2. The number of aromatic nitrogens is 1. The molecule has 0 saturated heterocycles. The molecule has 0 atom stereocenters. The van der Waals surface area contributed by atoms with E-state index in [9.17, 15) is 0 Å². The quantitative estimate of drug-likeness (QED) is 0.199. The van der Waals surface area contributed by atoms with Crippen molar-refractivity contribution in [1.29, 1.82) is 0 Å². The lowest BCUT2D eigenvalue weighted by Crippen LogP contribution is -2.17. The van der Waals surface area contributed by atoms with Crippen molar-refractivity contribution in [3.05, 3.63) is 101 Å². The van der Waals surface area contributed by atoms with E-state index >= 15 is 0 Å². The lowest BCUT2D eigenvalue weighted by Gasteiger charge is -2.27. The molecule has 4 aromatic rings. The van der Waals surface area contributed by atoms with Gasteiger partial charge in [0.25, 0.3) is 0 Å². The molecule has 1 aliphatic rings. The molecular weight excluding hydrogens is 384 g/mol. The van der Waals surface area contributed by atoms with Crippen molar-refractivity contribution in [3.8, 4) is 0 Å². The van der Waals surface area contributed by atoms with Crippen molar-refractivity contribution in [1.82, 2.24) is 4.98 Å². The van der Waals surface area contributed by atoms with Gasteiger partial charge in [-0.2, -0.15) is 0 Å². The molecule has 0 amide bonds. The smallest absolute Gasteiger partial charge is 0.248 e. The third kappa shape index (κ3) is 3.25. The summed E-state index contributed by atoms with van der Waals surface area (Å²) in [7, 11) is 0. The van der Waals surface area contributed by atoms with Gasteiger partial charge in [0.05, 0.1) is 6.72 Å². The molecule has 2 aromatic carbocycles. The van der Waals surface area contributed by atoms with E-state index in [0.717, 1.165) is 22.0 Å². The Kier molecular flexibility index (Phi) is 4.37. The van der Waals surface area contributed by atoms with Crippen LogP contribution in [0.25, 0.3) is 26.6 Å². The zero-order valence-electron chi connectivity index (χ0n) is 17.5. The number of allylic oxidation sites excluding steroid dienone is 2. The molecule has 148 valence electrons. The van der Waals surface area contributed by atoms with Gasteiger partial charge in [-0.25, -0.2) is 0 Å². The first-order valence-electron chi connectivity index (χ1n) is 10.1. The summed E-state index contributed by atoms with van der Waals surface area (Å²) in [5, 5.41) is 5.84. The molecule has 0 radical (unpaired) electrons. The lowest BCUT2D eigenvalue weighted by atomic mass is 9.81. The van der Waals surface area contributed by atoms with Gasteiger partial charge in [0.2, 0.25) is 4.83 Å². The Morgan fingerprint density at radius 3 is 2.73 bits per heavy atom. The first-order valence-corrected chi connectivity index (χ1v) is 11.0. The predicted molar refractivity (Wildman–Crippen MR) is 129 cm³/mol. The van der Waals surface area contributed by atoms with Crippen LogP contribution in [0.3, 0.4) is 0 Å². The second kappa shape index (κ2) is 6.96. The molecule has 3 heteroatoms. The van der Waals surface area contributed by atoms with Gasteiger partial charge >= 0.3 is 0 Å². The summed E-state index contributed by atoms with van der Waals surface area (Å²) >= 11 is 1.67. The molecule has 3 heterocycles. The van der Waals surface area contributed by atoms with Crippen LogP contribution in [0.5, 0.6) is 0 Å². The van der Waals surface area contributed by atoms with E-state index in [1.807, 2.05) is 17.0 Å². The maximum absolute atomic E-state index is 4.63. The van der Waals surface area contributed by atoms with E-state index in [-0.39, 0.29) is 5.41 Å². The van der Waals surface area contributed by atoms with Gasteiger partial charge in [-0.05, 0) is 45.5 Å². The van der Waals surface area contributed by atoms with Crippen molar-refractivity contribution in [2.75, 3.05) is 0 Å². The summed E-state index contributed by atoms with van der Waals surface area (Å²) in [6, 6.07) is 18.7. The molecule has 0 fully saturated rings. The fourth-order valence-corrected chi connectivity index (χ4v) is 4.77. The zero-order valence-corrected chi connectivity index (χ0v) is 18.3. The Morgan fingerprint density at radius 2 is 1.90 bits per heavy atom. The van der Waals surface area contributed by atoms with Crippen molar-refractivity contribution in [2.24, 2.45) is 0 Å². The van der Waals surface area contributed by atoms with E-state index in [1.54, 1.807) is 11.3 Å². The van der Waals surface area contributed by atoms with Gasteiger partial charge in [0, 0.05) is 0 Å². The van der Waals surface area contributed by atoms with E-state index in [2.05, 4.69) is 98.5 Å². The highest BCUT2D eigenvalue weighted by atomic mass is 32.1. The van der Waals surface area contributed by atoms with E-state index < -0.39 is 0 Å². The Morgan fingerprint density at radius 1 is 1.07 bits per heavy atom. The normalized spacial score (nSPS) is 14.6. The summed E-state index contributed by atoms with van der Waals surface area (Å²) < 4.78 is 1.95. The Labute approximate surface area is 181 Å². The van der Waals surface area contributed by atoms with Crippen LogP contribution in [0.2, 0.25) is 0 Å². The Balaban J connectivity index is 1.64. The minimum atomic E-state index is 0.0487. The van der Waals surface area contributed by atoms with Crippen molar-refractivity contribution in [3.63, 3.8) is 0 Å². The maximum Gasteiger partial charge on any atom is 0.248 e. The van der Waals surface area contributed by atoms with Gasteiger partial charge in [-0.1, -0.05) is 79.9 Å². The maximum atomic E-state index is 4.63. The molecule has 0 spiro atoms. The number of rotatable bonds is 2. The summed E-state index contributed by atoms with van der Waals surface area (Å²) in [6.07, 6.45) is 8.33. The van der Waals surface area contributed by atoms with Crippen LogP contribution in [0.15, 0.2) is 78.5 Å². The Hall–Kier alpha value is -3.17. The zero-order chi connectivity index (χ0) is 20.9. The molecule has 0 saturated carbocycles. The number of fused-ring (bicyclic) bond motifs is 2.